The summed E-state index contributed by atoms with van der Waals surface area (Å²) in [7, 11) is 5.89. The van der Waals surface area contributed by atoms with Gasteiger partial charge in [0.1, 0.15) is 13.2 Å². The number of carbonyl (C=O) groups is 4. The average molecular weight is 641 g/mol. The SMILES string of the molecule is CC(=O)OC(CC(=O)OCCOC1CCC(Nc2cc(-n3nc(C)c4c3CC(C)(C)CC4=O)ccc2C(N)=O)CC1)C[N+](C)(C)C. The first-order valence-corrected chi connectivity index (χ1v) is 16.1. The molecule has 1 unspecified atom stereocenters. The molecule has 1 fully saturated rings. The molecule has 1 aromatic heterocycles. The number of esters is 2. The average Bonchev–Trinajstić information content (AvgIpc) is 3.25. The first-order valence-electron chi connectivity index (χ1n) is 16.1. The Bertz CT molecular complexity index is 1450. The van der Waals surface area contributed by atoms with Crippen LogP contribution in [0.4, 0.5) is 5.69 Å². The molecule has 1 heterocycles. The zero-order valence-electron chi connectivity index (χ0n) is 28.3. The molecule has 12 nitrogen and oxygen atoms in total. The third kappa shape index (κ3) is 9.38. The van der Waals surface area contributed by atoms with Crippen molar-refractivity contribution in [2.24, 2.45) is 11.1 Å². The van der Waals surface area contributed by atoms with E-state index in [4.69, 9.17) is 25.0 Å². The molecule has 252 valence electrons. The van der Waals surface area contributed by atoms with E-state index >= 15 is 0 Å². The van der Waals surface area contributed by atoms with Crippen molar-refractivity contribution in [3.05, 3.63) is 40.7 Å². The number of ketones is 1. The van der Waals surface area contributed by atoms with Gasteiger partial charge in [0.05, 0.1) is 68.5 Å². The van der Waals surface area contributed by atoms with Crippen molar-refractivity contribution in [2.75, 3.05) is 46.2 Å². The third-order valence-electron chi connectivity index (χ3n) is 8.45. The summed E-state index contributed by atoms with van der Waals surface area (Å²) >= 11 is 0. The summed E-state index contributed by atoms with van der Waals surface area (Å²) in [6.45, 7) is 8.28. The van der Waals surface area contributed by atoms with Gasteiger partial charge in [0, 0.05) is 25.1 Å². The molecular formula is C34H50N5O7+. The van der Waals surface area contributed by atoms with Gasteiger partial charge in [0.15, 0.2) is 11.9 Å². The van der Waals surface area contributed by atoms with Crippen LogP contribution in [0.3, 0.4) is 0 Å². The molecule has 4 rings (SSSR count). The second kappa shape index (κ2) is 14.3. The zero-order valence-corrected chi connectivity index (χ0v) is 28.3. The summed E-state index contributed by atoms with van der Waals surface area (Å²) in [4.78, 5) is 49.0. The monoisotopic (exact) mass is 640 g/mol. The fraction of sp³-hybridized carbons (Fsp3) is 0.618. The van der Waals surface area contributed by atoms with Crippen LogP contribution in [-0.4, -0.2) is 97.0 Å². The minimum absolute atomic E-state index is 0.00103. The molecule has 0 bridgehead atoms. The van der Waals surface area contributed by atoms with E-state index in [1.807, 2.05) is 44.9 Å². The van der Waals surface area contributed by atoms with Gasteiger partial charge in [-0.25, -0.2) is 4.68 Å². The van der Waals surface area contributed by atoms with Gasteiger partial charge in [-0.15, -0.1) is 0 Å². The molecule has 3 N–H and O–H groups in total. The normalized spacial score (nSPS) is 20.0. The highest BCUT2D eigenvalue weighted by atomic mass is 16.6. The number of aromatic nitrogens is 2. The minimum atomic E-state index is -0.546. The van der Waals surface area contributed by atoms with Gasteiger partial charge in [0.2, 0.25) is 0 Å². The zero-order chi connectivity index (χ0) is 33.8. The molecule has 12 heteroatoms. The van der Waals surface area contributed by atoms with Gasteiger partial charge in [0.25, 0.3) is 5.91 Å². The number of primary amides is 1. The van der Waals surface area contributed by atoms with E-state index in [1.165, 1.54) is 6.92 Å². The molecule has 2 aliphatic rings. The first kappa shape index (κ1) is 35.1. The van der Waals surface area contributed by atoms with Crippen molar-refractivity contribution in [2.45, 2.75) is 90.9 Å². The predicted molar refractivity (Wildman–Crippen MR) is 173 cm³/mol. The smallest absolute Gasteiger partial charge is 0.309 e. The van der Waals surface area contributed by atoms with E-state index < -0.39 is 23.9 Å². The predicted octanol–water partition coefficient (Wildman–Crippen LogP) is 3.75. The van der Waals surface area contributed by atoms with Gasteiger partial charge < -0.3 is 29.7 Å². The molecule has 0 aliphatic heterocycles. The van der Waals surface area contributed by atoms with E-state index in [0.29, 0.717) is 40.0 Å². The lowest BCUT2D eigenvalue weighted by Crippen LogP contribution is -2.43. The summed E-state index contributed by atoms with van der Waals surface area (Å²) in [6.07, 6.45) is 3.95. The number of hydrogen-bond acceptors (Lipinski definition) is 9. The lowest BCUT2D eigenvalue weighted by atomic mass is 9.75. The van der Waals surface area contributed by atoms with Crippen molar-refractivity contribution in [1.82, 2.24) is 9.78 Å². The second-order valence-electron chi connectivity index (χ2n) is 14.5. The summed E-state index contributed by atoms with van der Waals surface area (Å²) in [6, 6.07) is 5.54. The maximum atomic E-state index is 12.9. The number of aryl methyl sites for hydroxylation is 1. The fourth-order valence-electron chi connectivity index (χ4n) is 6.55. The number of nitrogens with two attached hydrogens (primary N) is 1. The Kier molecular flexibility index (Phi) is 10.9. The number of ether oxygens (including phenoxy) is 3. The maximum Gasteiger partial charge on any atom is 0.309 e. The molecular weight excluding hydrogens is 590 g/mol. The van der Waals surface area contributed by atoms with Gasteiger partial charge >= 0.3 is 11.9 Å². The number of nitrogens with zero attached hydrogens (tertiary/aromatic N) is 3. The lowest BCUT2D eigenvalue weighted by molar-refractivity contribution is -0.873. The Labute approximate surface area is 271 Å². The standard InChI is InChI=1S/C34H49N5O7/c1-21-32-29(18-34(3,4)19-30(32)41)38(37-21)24-10-13-27(33(35)43)28(16-24)36-23-8-11-25(12-9-23)44-14-15-45-31(42)17-26(46-22(2)40)20-39(5,6)7/h10,13,16,23,25-26H,8-9,11-12,14-15,17-20H2,1-7H3,(H2-,35,36,43)/p+1. The number of hydrogen-bond donors (Lipinski definition) is 2. The van der Waals surface area contributed by atoms with Crippen LogP contribution >= 0.6 is 0 Å². The van der Waals surface area contributed by atoms with Crippen molar-refractivity contribution in [1.29, 1.82) is 0 Å². The molecule has 2 aromatic rings. The topological polar surface area (TPSA) is 152 Å². The molecule has 1 atom stereocenters. The lowest BCUT2D eigenvalue weighted by Gasteiger charge is -2.31. The van der Waals surface area contributed by atoms with Crippen LogP contribution in [0.2, 0.25) is 0 Å². The molecule has 1 amide bonds. The number of Topliss-reactive ketones (excluding diaryl/α,β-unsaturated/α-hetero) is 1. The minimum Gasteiger partial charge on any atom is -0.463 e. The van der Waals surface area contributed by atoms with E-state index in [2.05, 4.69) is 19.2 Å². The maximum absolute atomic E-state index is 12.9. The number of benzene rings is 1. The summed E-state index contributed by atoms with van der Waals surface area (Å²) in [5.74, 6) is -1.26. The van der Waals surface area contributed by atoms with Gasteiger partial charge in [-0.2, -0.15) is 5.10 Å². The quantitative estimate of drug-likeness (QED) is 0.189. The number of carbonyl (C=O) groups excluding carboxylic acids is 4. The number of nitrogens with one attached hydrogen (secondary N) is 1. The highest BCUT2D eigenvalue weighted by molar-refractivity contribution is 6.00. The van der Waals surface area contributed by atoms with Gasteiger partial charge in [-0.1, -0.05) is 13.8 Å². The molecule has 0 spiro atoms. The van der Waals surface area contributed by atoms with Crippen molar-refractivity contribution >= 4 is 29.3 Å². The van der Waals surface area contributed by atoms with E-state index in [-0.39, 0.29) is 43.0 Å². The van der Waals surface area contributed by atoms with E-state index in [1.54, 1.807) is 6.07 Å². The fourth-order valence-corrected chi connectivity index (χ4v) is 6.55. The van der Waals surface area contributed by atoms with Crippen LogP contribution in [0.25, 0.3) is 5.69 Å². The Morgan fingerprint density at radius 3 is 2.43 bits per heavy atom. The number of rotatable bonds is 13. The molecule has 0 radical (unpaired) electrons. The number of quaternary nitrogens is 1. The summed E-state index contributed by atoms with van der Waals surface area (Å²) in [5, 5.41) is 8.25. The van der Waals surface area contributed by atoms with Crippen LogP contribution in [0.5, 0.6) is 0 Å². The Morgan fingerprint density at radius 1 is 1.11 bits per heavy atom. The van der Waals surface area contributed by atoms with Crippen LogP contribution in [0.15, 0.2) is 18.2 Å². The molecule has 46 heavy (non-hydrogen) atoms. The molecule has 2 aliphatic carbocycles. The Morgan fingerprint density at radius 2 is 1.80 bits per heavy atom. The van der Waals surface area contributed by atoms with Crippen molar-refractivity contribution < 1.29 is 37.9 Å². The number of fused-ring (bicyclic) bond motifs is 1. The molecule has 1 aromatic carbocycles. The van der Waals surface area contributed by atoms with Crippen LogP contribution in [-0.2, 0) is 30.2 Å². The van der Waals surface area contributed by atoms with Crippen molar-refractivity contribution in [3.8, 4) is 5.69 Å². The van der Waals surface area contributed by atoms with E-state index in [9.17, 15) is 19.2 Å². The third-order valence-corrected chi connectivity index (χ3v) is 8.45. The molecule has 1 saturated carbocycles. The van der Waals surface area contributed by atoms with Crippen LogP contribution < -0.4 is 11.1 Å². The van der Waals surface area contributed by atoms with Crippen LogP contribution in [0.1, 0.15) is 91.4 Å². The molecule has 0 saturated heterocycles. The Balaban J connectivity index is 1.30. The first-order chi connectivity index (χ1) is 21.5. The largest absolute Gasteiger partial charge is 0.463 e. The summed E-state index contributed by atoms with van der Waals surface area (Å²) < 4.78 is 19.0. The summed E-state index contributed by atoms with van der Waals surface area (Å²) in [5.41, 5.74) is 9.69. The highest BCUT2D eigenvalue weighted by Crippen LogP contribution is 2.37. The van der Waals surface area contributed by atoms with E-state index in [0.717, 1.165) is 43.5 Å². The number of amides is 1. The second-order valence-corrected chi connectivity index (χ2v) is 14.5. The number of likely N-dealkylation sites (N-methyl/N-ethyl adjacent to an activating group) is 1. The van der Waals surface area contributed by atoms with Gasteiger partial charge in [-0.3, -0.25) is 19.2 Å². The van der Waals surface area contributed by atoms with Gasteiger partial charge in [-0.05, 0) is 62.6 Å². The number of anilines is 1. The highest BCUT2D eigenvalue weighted by Gasteiger charge is 2.36. The Hall–Kier alpha value is -3.77. The van der Waals surface area contributed by atoms with Crippen LogP contribution in [0, 0.1) is 12.3 Å². The van der Waals surface area contributed by atoms with Crippen molar-refractivity contribution in [3.63, 3.8) is 0 Å².